The zero-order valence-electron chi connectivity index (χ0n) is 11.5. The summed E-state index contributed by atoms with van der Waals surface area (Å²) in [7, 11) is 1.67. The zero-order chi connectivity index (χ0) is 14.4. The third-order valence-corrected chi connectivity index (χ3v) is 3.32. The monoisotopic (exact) mass is 336 g/mol. The van der Waals surface area contributed by atoms with E-state index in [9.17, 15) is 0 Å². The molecule has 0 spiro atoms. The first kappa shape index (κ1) is 14.7. The molecule has 0 saturated carbocycles. The van der Waals surface area contributed by atoms with E-state index in [0.29, 0.717) is 13.2 Å². The average Bonchev–Trinajstić information content (AvgIpc) is 2.43. The third-order valence-electron chi connectivity index (χ3n) is 2.67. The van der Waals surface area contributed by atoms with Gasteiger partial charge in [-0.15, -0.1) is 0 Å². The summed E-state index contributed by atoms with van der Waals surface area (Å²) in [5.41, 5.74) is 2.17. The van der Waals surface area contributed by atoms with E-state index in [2.05, 4.69) is 49.5 Å². The Bertz CT molecular complexity index is 577. The van der Waals surface area contributed by atoms with Gasteiger partial charge in [0.15, 0.2) is 0 Å². The van der Waals surface area contributed by atoms with Crippen molar-refractivity contribution in [3.8, 4) is 0 Å². The van der Waals surface area contributed by atoms with E-state index in [4.69, 9.17) is 4.74 Å². The molecule has 0 radical (unpaired) electrons. The first-order valence-corrected chi connectivity index (χ1v) is 7.06. The Kier molecular flexibility index (Phi) is 5.31. The van der Waals surface area contributed by atoms with Crippen molar-refractivity contribution in [1.82, 2.24) is 9.97 Å². The summed E-state index contributed by atoms with van der Waals surface area (Å²) in [5.74, 6) is 1.51. The molecule has 0 saturated heterocycles. The summed E-state index contributed by atoms with van der Waals surface area (Å²) in [4.78, 5) is 8.37. The highest BCUT2D eigenvalue weighted by atomic mass is 79.9. The van der Waals surface area contributed by atoms with Crippen LogP contribution in [0.2, 0.25) is 0 Å². The Hall–Kier alpha value is -1.66. The lowest BCUT2D eigenvalue weighted by molar-refractivity contribution is 0.210. The van der Waals surface area contributed by atoms with Gasteiger partial charge < -0.3 is 15.4 Å². The molecule has 2 aromatic rings. The van der Waals surface area contributed by atoms with Crippen LogP contribution in [0.4, 0.5) is 17.3 Å². The lowest BCUT2D eigenvalue weighted by atomic mass is 10.2. The van der Waals surface area contributed by atoms with Gasteiger partial charge in [-0.25, -0.2) is 9.97 Å². The van der Waals surface area contributed by atoms with Gasteiger partial charge in [0.05, 0.1) is 12.3 Å². The van der Waals surface area contributed by atoms with E-state index in [1.807, 2.05) is 18.2 Å². The van der Waals surface area contributed by atoms with Crippen molar-refractivity contribution < 1.29 is 4.74 Å². The summed E-state index contributed by atoms with van der Waals surface area (Å²) in [5, 5.41) is 6.43. The molecule has 0 amide bonds. The van der Waals surface area contributed by atoms with Gasteiger partial charge in [0.1, 0.15) is 18.0 Å². The molecule has 0 aliphatic rings. The minimum Gasteiger partial charge on any atom is -0.383 e. The second-order valence-corrected chi connectivity index (χ2v) is 5.17. The van der Waals surface area contributed by atoms with Gasteiger partial charge in [-0.3, -0.25) is 0 Å². The molecule has 0 fully saturated rings. The average molecular weight is 337 g/mol. The Labute approximate surface area is 126 Å². The van der Waals surface area contributed by atoms with E-state index in [-0.39, 0.29) is 0 Å². The lowest BCUT2D eigenvalue weighted by Crippen LogP contribution is -2.09. The third kappa shape index (κ3) is 4.18. The summed E-state index contributed by atoms with van der Waals surface area (Å²) in [6.07, 6.45) is 1.53. The molecule has 20 heavy (non-hydrogen) atoms. The van der Waals surface area contributed by atoms with Gasteiger partial charge in [0, 0.05) is 24.2 Å². The number of halogens is 1. The van der Waals surface area contributed by atoms with Gasteiger partial charge in [-0.1, -0.05) is 6.07 Å². The number of ether oxygens (including phenoxy) is 1. The minimum atomic E-state index is 0.635. The van der Waals surface area contributed by atoms with Crippen LogP contribution >= 0.6 is 15.9 Å². The van der Waals surface area contributed by atoms with Crippen molar-refractivity contribution in [2.45, 2.75) is 6.92 Å². The van der Waals surface area contributed by atoms with E-state index >= 15 is 0 Å². The highest BCUT2D eigenvalue weighted by Gasteiger charge is 2.03. The number of hydrogen-bond donors (Lipinski definition) is 2. The molecule has 1 heterocycles. The quantitative estimate of drug-likeness (QED) is 0.792. The standard InChI is InChI=1S/C14H17BrN4O/c1-10-3-4-12(11(15)7-10)19-14-8-13(17-9-18-14)16-5-6-20-2/h3-4,7-9H,5-6H2,1-2H3,(H2,16,17,18,19). The number of aryl methyl sites for hydroxylation is 1. The maximum Gasteiger partial charge on any atom is 0.135 e. The predicted octanol–water partition coefficient (Wildman–Crippen LogP) is 3.35. The van der Waals surface area contributed by atoms with Crippen molar-refractivity contribution in [1.29, 1.82) is 0 Å². The fourth-order valence-electron chi connectivity index (χ4n) is 1.66. The minimum absolute atomic E-state index is 0.635. The molecule has 1 aromatic heterocycles. The van der Waals surface area contributed by atoms with Gasteiger partial charge in [-0.05, 0) is 40.5 Å². The molecule has 106 valence electrons. The smallest absolute Gasteiger partial charge is 0.135 e. The number of nitrogens with zero attached hydrogens (tertiary/aromatic N) is 2. The fourth-order valence-corrected chi connectivity index (χ4v) is 2.26. The number of hydrogen-bond acceptors (Lipinski definition) is 5. The molecule has 1 aromatic carbocycles. The van der Waals surface area contributed by atoms with Crippen molar-refractivity contribution in [3.05, 3.63) is 40.6 Å². The second-order valence-electron chi connectivity index (χ2n) is 4.32. The molecule has 2 rings (SSSR count). The molecule has 6 heteroatoms. The van der Waals surface area contributed by atoms with Crippen LogP contribution in [0.25, 0.3) is 0 Å². The number of rotatable bonds is 6. The Balaban J connectivity index is 2.07. The van der Waals surface area contributed by atoms with E-state index in [1.165, 1.54) is 11.9 Å². The van der Waals surface area contributed by atoms with Gasteiger partial charge in [0.25, 0.3) is 0 Å². The molecular weight excluding hydrogens is 320 g/mol. The van der Waals surface area contributed by atoms with Crippen LogP contribution < -0.4 is 10.6 Å². The number of aromatic nitrogens is 2. The lowest BCUT2D eigenvalue weighted by Gasteiger charge is -2.10. The van der Waals surface area contributed by atoms with Crippen LogP contribution in [-0.2, 0) is 4.74 Å². The molecule has 0 unspecified atom stereocenters. The van der Waals surface area contributed by atoms with E-state index in [0.717, 1.165) is 21.8 Å². The molecule has 0 bridgehead atoms. The van der Waals surface area contributed by atoms with Crippen LogP contribution in [0.1, 0.15) is 5.56 Å². The number of benzene rings is 1. The van der Waals surface area contributed by atoms with Gasteiger partial charge >= 0.3 is 0 Å². The summed E-state index contributed by atoms with van der Waals surface area (Å²) >= 11 is 3.54. The number of anilines is 3. The van der Waals surface area contributed by atoms with E-state index < -0.39 is 0 Å². The highest BCUT2D eigenvalue weighted by Crippen LogP contribution is 2.26. The molecule has 5 nitrogen and oxygen atoms in total. The molecule has 2 N–H and O–H groups in total. The first-order chi connectivity index (χ1) is 9.69. The molecular formula is C14H17BrN4O. The second kappa shape index (κ2) is 7.21. The Morgan fingerprint density at radius 3 is 2.75 bits per heavy atom. The van der Waals surface area contributed by atoms with E-state index in [1.54, 1.807) is 7.11 Å². The van der Waals surface area contributed by atoms with Crippen molar-refractivity contribution >= 4 is 33.3 Å². The zero-order valence-corrected chi connectivity index (χ0v) is 13.1. The largest absolute Gasteiger partial charge is 0.383 e. The first-order valence-electron chi connectivity index (χ1n) is 6.27. The van der Waals surface area contributed by atoms with Gasteiger partial charge in [0.2, 0.25) is 0 Å². The number of nitrogens with one attached hydrogen (secondary N) is 2. The Morgan fingerprint density at radius 1 is 1.20 bits per heavy atom. The van der Waals surface area contributed by atoms with Crippen LogP contribution in [0, 0.1) is 6.92 Å². The predicted molar refractivity (Wildman–Crippen MR) is 84.6 cm³/mol. The summed E-state index contributed by atoms with van der Waals surface area (Å²) < 4.78 is 5.99. The number of methoxy groups -OCH3 is 1. The maximum absolute atomic E-state index is 4.99. The highest BCUT2D eigenvalue weighted by molar-refractivity contribution is 9.10. The molecule has 0 aliphatic carbocycles. The molecule has 0 atom stereocenters. The summed E-state index contributed by atoms with van der Waals surface area (Å²) in [6.45, 7) is 3.40. The van der Waals surface area contributed by atoms with Crippen LogP contribution in [-0.4, -0.2) is 30.2 Å². The fraction of sp³-hybridized carbons (Fsp3) is 0.286. The SMILES string of the molecule is COCCNc1cc(Nc2ccc(C)cc2Br)ncn1. The van der Waals surface area contributed by atoms with Crippen LogP contribution in [0.3, 0.4) is 0 Å². The van der Waals surface area contributed by atoms with Gasteiger partial charge in [-0.2, -0.15) is 0 Å². The van der Waals surface area contributed by atoms with Crippen molar-refractivity contribution in [3.63, 3.8) is 0 Å². The molecule has 0 aliphatic heterocycles. The maximum atomic E-state index is 4.99. The normalized spacial score (nSPS) is 10.3. The van der Waals surface area contributed by atoms with Crippen LogP contribution in [0.5, 0.6) is 0 Å². The van der Waals surface area contributed by atoms with Crippen LogP contribution in [0.15, 0.2) is 35.1 Å². The topological polar surface area (TPSA) is 59.1 Å². The van der Waals surface area contributed by atoms with Crippen molar-refractivity contribution in [2.75, 3.05) is 30.9 Å². The Morgan fingerprint density at radius 2 is 2.00 bits per heavy atom. The van der Waals surface area contributed by atoms with Crippen molar-refractivity contribution in [2.24, 2.45) is 0 Å². The summed E-state index contributed by atoms with van der Waals surface area (Å²) in [6, 6.07) is 7.98.